The summed E-state index contributed by atoms with van der Waals surface area (Å²) in [4.78, 5) is 24.0. The molecule has 0 aromatic carbocycles. The van der Waals surface area contributed by atoms with Gasteiger partial charge in [0.15, 0.2) is 0 Å². The van der Waals surface area contributed by atoms with Gasteiger partial charge in [-0.2, -0.15) is 0 Å². The molecule has 4 nitrogen and oxygen atoms in total. The van der Waals surface area contributed by atoms with Crippen LogP contribution in [0.4, 0.5) is 8.78 Å². The quantitative estimate of drug-likeness (QED) is 0.670. The van der Waals surface area contributed by atoms with Crippen molar-refractivity contribution in [1.82, 2.24) is 15.0 Å². The van der Waals surface area contributed by atoms with E-state index in [9.17, 15) is 13.6 Å². The Balaban J connectivity index is 1.51. The summed E-state index contributed by atoms with van der Waals surface area (Å²) in [5.41, 5.74) is 2.24. The first kappa shape index (κ1) is 18.4. The van der Waals surface area contributed by atoms with Crippen molar-refractivity contribution >= 4 is 16.8 Å². The summed E-state index contributed by atoms with van der Waals surface area (Å²) in [6.07, 6.45) is 7.81. The van der Waals surface area contributed by atoms with Crippen molar-refractivity contribution in [3.8, 4) is 11.3 Å². The van der Waals surface area contributed by atoms with Gasteiger partial charge in [-0.05, 0) is 75.0 Å². The van der Waals surface area contributed by atoms with Crippen LogP contribution in [0, 0.1) is 35.3 Å². The molecule has 2 atom stereocenters. The van der Waals surface area contributed by atoms with Crippen LogP contribution in [-0.2, 0) is 11.2 Å². The molecule has 3 aliphatic rings. The molecule has 3 heterocycles. The molecule has 3 aliphatic carbocycles. The lowest BCUT2D eigenvalue weighted by atomic mass is 9.56. The van der Waals surface area contributed by atoms with E-state index < -0.39 is 5.82 Å². The molecule has 3 saturated carbocycles. The number of halogens is 2. The van der Waals surface area contributed by atoms with E-state index in [-0.39, 0.29) is 23.4 Å². The Morgan fingerprint density at radius 3 is 2.69 bits per heavy atom. The summed E-state index contributed by atoms with van der Waals surface area (Å²) in [5, 5.41) is 0.619. The summed E-state index contributed by atoms with van der Waals surface area (Å²) in [5.74, 6) is 0.503. The molecular weight excluding hydrogens is 372 g/mol. The normalized spacial score (nSPS) is 26.2. The zero-order valence-electron chi connectivity index (χ0n) is 16.3. The molecule has 0 radical (unpaired) electrons. The number of carbonyl (C=O) groups excluding carboxylic acids is 1. The molecule has 0 saturated heterocycles. The van der Waals surface area contributed by atoms with Gasteiger partial charge in [-0.3, -0.25) is 4.79 Å². The second-order valence-electron chi connectivity index (χ2n) is 8.56. The van der Waals surface area contributed by atoms with Crippen molar-refractivity contribution in [2.75, 3.05) is 0 Å². The van der Waals surface area contributed by atoms with E-state index in [1.807, 2.05) is 0 Å². The second kappa shape index (κ2) is 7.01. The molecule has 3 fully saturated rings. The fourth-order valence-electron chi connectivity index (χ4n) is 5.69. The predicted octanol–water partition coefficient (Wildman–Crippen LogP) is 5.09. The van der Waals surface area contributed by atoms with Crippen LogP contribution in [0.25, 0.3) is 22.3 Å². The minimum absolute atomic E-state index is 0.0127. The minimum atomic E-state index is -0.428. The number of aromatic nitrogens is 3. The molecule has 1 N–H and O–H groups in total. The topological polar surface area (TPSA) is 58.6 Å². The standard InChI is InChI=1S/C23H23F2N3O/c1-12(29)22-14-4-2-13(3-5-14)16(22)9-21-19(25)6-7-20(28-21)18-11-27-23-17(18)8-15(24)10-26-23/h6-8,10-11,13-14,16,22H,2-5,9H2,1H3,(H,26,27)/t13?,14?,16-,22-/m1/s1. The van der Waals surface area contributed by atoms with E-state index in [0.717, 1.165) is 31.9 Å². The Labute approximate surface area is 167 Å². The first-order valence-corrected chi connectivity index (χ1v) is 10.3. The first-order chi connectivity index (χ1) is 14.0. The smallest absolute Gasteiger partial charge is 0.144 e. The van der Waals surface area contributed by atoms with Gasteiger partial charge in [-0.15, -0.1) is 0 Å². The van der Waals surface area contributed by atoms with E-state index in [0.29, 0.717) is 46.2 Å². The Hall–Kier alpha value is -2.63. The highest BCUT2D eigenvalue weighted by Crippen LogP contribution is 2.50. The molecule has 150 valence electrons. The number of Topliss-reactive ketones (excluding diaryl/α,β-unsaturated/α-hetero) is 1. The van der Waals surface area contributed by atoms with Gasteiger partial charge in [0.2, 0.25) is 0 Å². The average molecular weight is 395 g/mol. The third kappa shape index (κ3) is 3.15. The molecule has 2 bridgehead atoms. The maximum Gasteiger partial charge on any atom is 0.144 e. The number of hydrogen-bond acceptors (Lipinski definition) is 3. The second-order valence-corrected chi connectivity index (χ2v) is 8.56. The van der Waals surface area contributed by atoms with Gasteiger partial charge < -0.3 is 4.98 Å². The van der Waals surface area contributed by atoms with Crippen LogP contribution in [0.15, 0.2) is 30.6 Å². The average Bonchev–Trinajstić information content (AvgIpc) is 3.13. The number of hydrogen-bond donors (Lipinski definition) is 1. The molecule has 29 heavy (non-hydrogen) atoms. The van der Waals surface area contributed by atoms with Gasteiger partial charge >= 0.3 is 0 Å². The Morgan fingerprint density at radius 1 is 1.17 bits per heavy atom. The van der Waals surface area contributed by atoms with Crippen LogP contribution in [0.5, 0.6) is 0 Å². The number of rotatable bonds is 4. The third-order valence-electron chi connectivity index (χ3n) is 6.98. The van der Waals surface area contributed by atoms with Crippen LogP contribution >= 0.6 is 0 Å². The van der Waals surface area contributed by atoms with Crippen molar-refractivity contribution in [3.63, 3.8) is 0 Å². The number of pyridine rings is 2. The summed E-state index contributed by atoms with van der Waals surface area (Å²) in [6.45, 7) is 1.67. The molecule has 6 heteroatoms. The zero-order valence-corrected chi connectivity index (χ0v) is 16.3. The Kier molecular flexibility index (Phi) is 4.45. The number of nitrogens with zero attached hydrogens (tertiary/aromatic N) is 2. The van der Waals surface area contributed by atoms with E-state index in [1.165, 1.54) is 12.1 Å². The predicted molar refractivity (Wildman–Crippen MR) is 106 cm³/mol. The maximum absolute atomic E-state index is 14.7. The highest BCUT2D eigenvalue weighted by Gasteiger charge is 2.45. The molecule has 3 aromatic heterocycles. The van der Waals surface area contributed by atoms with Gasteiger partial charge in [0.1, 0.15) is 23.1 Å². The van der Waals surface area contributed by atoms with Crippen molar-refractivity contribution in [2.24, 2.45) is 23.7 Å². The summed E-state index contributed by atoms with van der Waals surface area (Å²) < 4.78 is 28.4. The molecular formula is C23H23F2N3O. The van der Waals surface area contributed by atoms with Gasteiger partial charge in [-0.1, -0.05) is 0 Å². The van der Waals surface area contributed by atoms with Gasteiger partial charge in [0.05, 0.1) is 17.6 Å². The lowest BCUT2D eigenvalue weighted by molar-refractivity contribution is -0.130. The Bertz CT molecular complexity index is 1080. The van der Waals surface area contributed by atoms with E-state index in [4.69, 9.17) is 0 Å². The van der Waals surface area contributed by atoms with Gasteiger partial charge in [0, 0.05) is 23.1 Å². The highest BCUT2D eigenvalue weighted by molar-refractivity contribution is 5.92. The van der Waals surface area contributed by atoms with Crippen molar-refractivity contribution in [3.05, 3.63) is 47.9 Å². The fourth-order valence-corrected chi connectivity index (χ4v) is 5.69. The fraction of sp³-hybridized carbons (Fsp3) is 0.435. The van der Waals surface area contributed by atoms with E-state index >= 15 is 0 Å². The molecule has 0 aliphatic heterocycles. The largest absolute Gasteiger partial charge is 0.345 e. The summed E-state index contributed by atoms with van der Waals surface area (Å²) in [6, 6.07) is 4.44. The minimum Gasteiger partial charge on any atom is -0.345 e. The van der Waals surface area contributed by atoms with Crippen molar-refractivity contribution in [2.45, 2.75) is 39.0 Å². The number of fused-ring (bicyclic) bond motifs is 4. The number of nitrogens with one attached hydrogen (secondary N) is 1. The summed E-state index contributed by atoms with van der Waals surface area (Å²) >= 11 is 0. The van der Waals surface area contributed by atoms with Crippen LogP contribution in [0.2, 0.25) is 0 Å². The molecule has 6 rings (SSSR count). The number of carbonyl (C=O) groups is 1. The third-order valence-corrected chi connectivity index (χ3v) is 6.98. The van der Waals surface area contributed by atoms with Crippen molar-refractivity contribution in [1.29, 1.82) is 0 Å². The monoisotopic (exact) mass is 395 g/mol. The summed E-state index contributed by atoms with van der Waals surface area (Å²) in [7, 11) is 0. The molecule has 0 amide bonds. The van der Waals surface area contributed by atoms with Crippen LogP contribution in [0.3, 0.4) is 0 Å². The first-order valence-electron chi connectivity index (χ1n) is 10.3. The van der Waals surface area contributed by atoms with E-state index in [2.05, 4.69) is 15.0 Å². The molecule has 3 aromatic rings. The molecule has 0 unspecified atom stereocenters. The van der Waals surface area contributed by atoms with Crippen LogP contribution < -0.4 is 0 Å². The van der Waals surface area contributed by atoms with Gasteiger partial charge in [0.25, 0.3) is 0 Å². The SMILES string of the molecule is CC(=O)[C@@H]1C2CCC(CC2)[C@H]1Cc1nc(-c2c[nH]c3ncc(F)cc23)ccc1F. The molecule has 0 spiro atoms. The zero-order chi connectivity index (χ0) is 20.1. The highest BCUT2D eigenvalue weighted by atomic mass is 19.1. The van der Waals surface area contributed by atoms with Crippen LogP contribution in [-0.4, -0.2) is 20.7 Å². The lowest BCUT2D eigenvalue weighted by Crippen LogP contribution is -2.44. The number of aromatic amines is 1. The number of ketones is 1. The number of H-pyrrole nitrogens is 1. The Morgan fingerprint density at radius 2 is 1.93 bits per heavy atom. The van der Waals surface area contributed by atoms with Crippen molar-refractivity contribution < 1.29 is 13.6 Å². The lowest BCUT2D eigenvalue weighted by Gasteiger charge is -2.47. The van der Waals surface area contributed by atoms with E-state index in [1.54, 1.807) is 19.2 Å². The maximum atomic E-state index is 14.7. The van der Waals surface area contributed by atoms with Crippen LogP contribution in [0.1, 0.15) is 38.3 Å². The van der Waals surface area contributed by atoms with Gasteiger partial charge in [-0.25, -0.2) is 18.7 Å².